The van der Waals surface area contributed by atoms with Crippen molar-refractivity contribution in [3.05, 3.63) is 18.2 Å². The maximum atomic E-state index is 11.1. The highest BCUT2D eigenvalue weighted by atomic mass is 32.2. The number of aromatic nitrogens is 2. The van der Waals surface area contributed by atoms with E-state index in [1.54, 1.807) is 12.5 Å². The molecule has 1 aromatic heterocycles. The molecule has 0 amide bonds. The third-order valence-corrected chi connectivity index (χ3v) is 3.23. The van der Waals surface area contributed by atoms with Crippen LogP contribution in [0.1, 0.15) is 26.5 Å². The first-order valence-corrected chi connectivity index (χ1v) is 7.65. The van der Waals surface area contributed by atoms with Crippen LogP contribution in [0.4, 0.5) is 0 Å². The highest BCUT2D eigenvalue weighted by Gasteiger charge is 2.11. The van der Waals surface area contributed by atoms with Crippen molar-refractivity contribution in [2.75, 3.05) is 12.0 Å². The Hall–Kier alpha value is -0.880. The molecule has 0 saturated heterocycles. The van der Waals surface area contributed by atoms with Gasteiger partial charge in [-0.1, -0.05) is 0 Å². The topological polar surface area (TPSA) is 64.0 Å². The minimum Gasteiger partial charge on any atom is -0.332 e. The Morgan fingerprint density at radius 2 is 2.06 bits per heavy atom. The summed E-state index contributed by atoms with van der Waals surface area (Å²) >= 11 is 0. The van der Waals surface area contributed by atoms with Crippen LogP contribution in [0.3, 0.4) is 0 Å². The molecule has 0 aliphatic carbocycles. The highest BCUT2D eigenvalue weighted by Crippen LogP contribution is 2.04. The molecule has 0 bridgehead atoms. The predicted octanol–water partition coefficient (Wildman–Crippen LogP) is 0.816. The molecule has 6 heteroatoms. The Kier molecular flexibility index (Phi) is 4.32. The van der Waals surface area contributed by atoms with Crippen LogP contribution in [-0.4, -0.2) is 35.5 Å². The molecule has 0 aromatic carbocycles. The van der Waals surface area contributed by atoms with Gasteiger partial charge in [0.05, 0.1) is 17.8 Å². The molecule has 0 aliphatic rings. The normalized spacial score (nSPS) is 12.9. The van der Waals surface area contributed by atoms with E-state index in [2.05, 4.69) is 31.1 Å². The van der Waals surface area contributed by atoms with Gasteiger partial charge < -0.3 is 9.88 Å². The van der Waals surface area contributed by atoms with Gasteiger partial charge in [0.15, 0.2) is 0 Å². The summed E-state index contributed by atoms with van der Waals surface area (Å²) in [5.41, 5.74) is 1.04. The standard InChI is InChI=1S/C11H21N3O2S/c1-11(2,3)13-8-10-7-12-9-14(10)5-6-17(4,15)16/h7,9,13H,5-6,8H2,1-4H3. The summed E-state index contributed by atoms with van der Waals surface area (Å²) in [6, 6.07) is 0. The lowest BCUT2D eigenvalue weighted by Gasteiger charge is -2.20. The lowest BCUT2D eigenvalue weighted by Crippen LogP contribution is -2.35. The molecule has 1 rings (SSSR count). The lowest BCUT2D eigenvalue weighted by atomic mass is 10.1. The van der Waals surface area contributed by atoms with E-state index in [0.29, 0.717) is 13.1 Å². The molecule has 1 N–H and O–H groups in total. The Morgan fingerprint density at radius 3 is 2.59 bits per heavy atom. The smallest absolute Gasteiger partial charge is 0.149 e. The molecule has 1 aromatic rings. The second-order valence-electron chi connectivity index (χ2n) is 5.31. The number of aryl methyl sites for hydroxylation is 1. The number of nitrogens with zero attached hydrogens (tertiary/aromatic N) is 2. The highest BCUT2D eigenvalue weighted by molar-refractivity contribution is 7.90. The van der Waals surface area contributed by atoms with E-state index in [4.69, 9.17) is 0 Å². The van der Waals surface area contributed by atoms with E-state index < -0.39 is 9.84 Å². The summed E-state index contributed by atoms with van der Waals surface area (Å²) < 4.78 is 24.1. The van der Waals surface area contributed by atoms with Gasteiger partial charge in [-0.25, -0.2) is 13.4 Å². The van der Waals surface area contributed by atoms with Crippen LogP contribution in [0.5, 0.6) is 0 Å². The third kappa shape index (κ3) is 5.83. The van der Waals surface area contributed by atoms with Gasteiger partial charge in [-0.3, -0.25) is 0 Å². The molecule has 0 radical (unpaired) electrons. The van der Waals surface area contributed by atoms with Crippen molar-refractivity contribution in [1.82, 2.24) is 14.9 Å². The molecule has 0 unspecified atom stereocenters. The van der Waals surface area contributed by atoms with E-state index in [-0.39, 0.29) is 11.3 Å². The molecule has 5 nitrogen and oxygen atoms in total. The van der Waals surface area contributed by atoms with Gasteiger partial charge in [0.1, 0.15) is 9.84 Å². The van der Waals surface area contributed by atoms with Crippen LogP contribution >= 0.6 is 0 Å². The minimum atomic E-state index is -2.93. The summed E-state index contributed by atoms with van der Waals surface area (Å²) in [6.45, 7) is 7.41. The summed E-state index contributed by atoms with van der Waals surface area (Å²) in [4.78, 5) is 4.05. The van der Waals surface area contributed by atoms with Crippen molar-refractivity contribution < 1.29 is 8.42 Å². The van der Waals surface area contributed by atoms with E-state index in [1.807, 2.05) is 4.57 Å². The molecule has 1 heterocycles. The molecule has 0 aliphatic heterocycles. The average molecular weight is 259 g/mol. The van der Waals surface area contributed by atoms with Crippen LogP contribution < -0.4 is 5.32 Å². The third-order valence-electron chi connectivity index (χ3n) is 2.30. The first-order valence-electron chi connectivity index (χ1n) is 5.59. The maximum Gasteiger partial charge on any atom is 0.149 e. The number of sulfone groups is 1. The van der Waals surface area contributed by atoms with Crippen LogP contribution in [0.2, 0.25) is 0 Å². The molecular weight excluding hydrogens is 238 g/mol. The quantitative estimate of drug-likeness (QED) is 0.850. The zero-order chi connectivity index (χ0) is 13.1. The first kappa shape index (κ1) is 14.2. The van der Waals surface area contributed by atoms with Gasteiger partial charge in [0.25, 0.3) is 0 Å². The van der Waals surface area contributed by atoms with Crippen molar-refractivity contribution in [1.29, 1.82) is 0 Å². The number of nitrogens with one attached hydrogen (secondary N) is 1. The summed E-state index contributed by atoms with van der Waals surface area (Å²) in [6.07, 6.45) is 4.68. The minimum absolute atomic E-state index is 0.0337. The van der Waals surface area contributed by atoms with Gasteiger partial charge in [-0.2, -0.15) is 0 Å². The van der Waals surface area contributed by atoms with Crippen molar-refractivity contribution in [3.8, 4) is 0 Å². The van der Waals surface area contributed by atoms with Gasteiger partial charge in [0.2, 0.25) is 0 Å². The van der Waals surface area contributed by atoms with Crippen LogP contribution in [0.25, 0.3) is 0 Å². The van der Waals surface area contributed by atoms with Crippen LogP contribution in [-0.2, 0) is 22.9 Å². The average Bonchev–Trinajstić information content (AvgIpc) is 2.56. The fourth-order valence-electron chi connectivity index (χ4n) is 1.32. The van der Waals surface area contributed by atoms with E-state index in [1.165, 1.54) is 6.26 Å². The van der Waals surface area contributed by atoms with Crippen LogP contribution in [0, 0.1) is 0 Å². The van der Waals surface area contributed by atoms with Gasteiger partial charge in [-0.05, 0) is 20.8 Å². The molecule has 98 valence electrons. The molecule has 0 saturated carbocycles. The fraction of sp³-hybridized carbons (Fsp3) is 0.727. The molecular formula is C11H21N3O2S. The fourth-order valence-corrected chi connectivity index (χ4v) is 1.84. The number of hydrogen-bond donors (Lipinski definition) is 1. The maximum absolute atomic E-state index is 11.1. The zero-order valence-electron chi connectivity index (χ0n) is 10.9. The van der Waals surface area contributed by atoms with Gasteiger partial charge in [-0.15, -0.1) is 0 Å². The van der Waals surface area contributed by atoms with Gasteiger partial charge >= 0.3 is 0 Å². The first-order chi connectivity index (χ1) is 7.67. The molecule has 0 atom stereocenters. The van der Waals surface area contributed by atoms with E-state index in [9.17, 15) is 8.42 Å². The van der Waals surface area contributed by atoms with Crippen molar-refractivity contribution in [2.24, 2.45) is 0 Å². The SMILES string of the molecule is CC(C)(C)NCc1cncn1CCS(C)(=O)=O. The van der Waals surface area contributed by atoms with Gasteiger partial charge in [0, 0.05) is 31.1 Å². The number of imidazole rings is 1. The van der Waals surface area contributed by atoms with Crippen LogP contribution in [0.15, 0.2) is 12.5 Å². The predicted molar refractivity (Wildman–Crippen MR) is 68.5 cm³/mol. The second kappa shape index (κ2) is 5.18. The molecule has 0 spiro atoms. The Morgan fingerprint density at radius 1 is 1.41 bits per heavy atom. The Balaban J connectivity index is 2.60. The summed E-state index contributed by atoms with van der Waals surface area (Å²) in [5, 5.41) is 3.35. The Labute approximate surface area is 103 Å². The van der Waals surface area contributed by atoms with Crippen molar-refractivity contribution in [2.45, 2.75) is 39.4 Å². The zero-order valence-corrected chi connectivity index (χ0v) is 11.7. The monoisotopic (exact) mass is 259 g/mol. The molecule has 0 fully saturated rings. The van der Waals surface area contributed by atoms with E-state index >= 15 is 0 Å². The number of rotatable bonds is 5. The summed E-state index contributed by atoms with van der Waals surface area (Å²) in [5.74, 6) is 0.145. The van der Waals surface area contributed by atoms with Crippen molar-refractivity contribution >= 4 is 9.84 Å². The summed E-state index contributed by atoms with van der Waals surface area (Å²) in [7, 11) is -2.93. The Bertz CT molecular complexity index is 457. The van der Waals surface area contributed by atoms with E-state index in [0.717, 1.165) is 5.69 Å². The van der Waals surface area contributed by atoms with Crippen molar-refractivity contribution in [3.63, 3.8) is 0 Å². The number of hydrogen-bond acceptors (Lipinski definition) is 4. The largest absolute Gasteiger partial charge is 0.332 e. The second-order valence-corrected chi connectivity index (χ2v) is 7.57. The lowest BCUT2D eigenvalue weighted by molar-refractivity contribution is 0.416. The molecule has 17 heavy (non-hydrogen) atoms.